The highest BCUT2D eigenvalue weighted by Crippen LogP contribution is 2.30. The zero-order valence-electron chi connectivity index (χ0n) is 17.5. The van der Waals surface area contributed by atoms with Crippen molar-refractivity contribution in [1.82, 2.24) is 20.2 Å². The van der Waals surface area contributed by atoms with Crippen molar-refractivity contribution < 1.29 is 14.0 Å². The molecule has 4 aromatic rings. The van der Waals surface area contributed by atoms with Gasteiger partial charge in [0.15, 0.2) is 0 Å². The third-order valence-electron chi connectivity index (χ3n) is 4.99. The molecule has 8 nitrogen and oxygen atoms in total. The maximum Gasteiger partial charge on any atom is 0.262 e. The molecular weight excluding hydrogens is 428 g/mol. The summed E-state index contributed by atoms with van der Waals surface area (Å²) < 4.78 is 6.57. The fourth-order valence-electron chi connectivity index (χ4n) is 3.22. The Balaban J connectivity index is 1.36. The number of furan rings is 1. The van der Waals surface area contributed by atoms with E-state index in [2.05, 4.69) is 15.6 Å². The van der Waals surface area contributed by atoms with Crippen molar-refractivity contribution in [1.29, 1.82) is 0 Å². The lowest BCUT2D eigenvalue weighted by Crippen LogP contribution is -2.37. The molecule has 4 rings (SSSR count). The van der Waals surface area contributed by atoms with Crippen LogP contribution in [-0.2, 0) is 22.7 Å². The highest BCUT2D eigenvalue weighted by atomic mass is 32.1. The molecule has 0 saturated carbocycles. The molecule has 32 heavy (non-hydrogen) atoms. The summed E-state index contributed by atoms with van der Waals surface area (Å²) in [4.78, 5) is 42.1. The van der Waals surface area contributed by atoms with E-state index in [1.54, 1.807) is 12.1 Å². The molecule has 0 radical (unpaired) electrons. The Hall–Kier alpha value is -3.72. The molecule has 0 fully saturated rings. The number of nitrogens with zero attached hydrogens (tertiary/aromatic N) is 2. The van der Waals surface area contributed by atoms with Gasteiger partial charge in [-0.3, -0.25) is 19.0 Å². The summed E-state index contributed by atoms with van der Waals surface area (Å²) in [6.07, 6.45) is 3.04. The number of aromatic nitrogens is 2. The highest BCUT2D eigenvalue weighted by Gasteiger charge is 2.14. The molecule has 3 aromatic heterocycles. The van der Waals surface area contributed by atoms with Crippen LogP contribution in [0, 0.1) is 6.92 Å². The molecule has 1 aromatic carbocycles. The Morgan fingerprint density at radius 1 is 1.12 bits per heavy atom. The van der Waals surface area contributed by atoms with Gasteiger partial charge in [-0.15, -0.1) is 11.3 Å². The summed E-state index contributed by atoms with van der Waals surface area (Å²) >= 11 is 1.42. The highest BCUT2D eigenvalue weighted by molar-refractivity contribution is 7.17. The van der Waals surface area contributed by atoms with Crippen molar-refractivity contribution in [2.45, 2.75) is 26.4 Å². The van der Waals surface area contributed by atoms with E-state index in [9.17, 15) is 14.4 Å². The van der Waals surface area contributed by atoms with Crippen LogP contribution in [-0.4, -0.2) is 27.9 Å². The first-order valence-corrected chi connectivity index (χ1v) is 11.0. The fraction of sp³-hybridized carbons (Fsp3) is 0.217. The number of nitrogens with one attached hydrogen (secondary N) is 2. The monoisotopic (exact) mass is 450 g/mol. The van der Waals surface area contributed by atoms with Gasteiger partial charge in [0.25, 0.3) is 5.56 Å². The minimum atomic E-state index is -0.325. The summed E-state index contributed by atoms with van der Waals surface area (Å²) in [7, 11) is 0. The predicted molar refractivity (Wildman–Crippen MR) is 122 cm³/mol. The molecule has 0 aliphatic heterocycles. The van der Waals surface area contributed by atoms with Crippen LogP contribution < -0.4 is 16.2 Å². The molecule has 0 bridgehead atoms. The summed E-state index contributed by atoms with van der Waals surface area (Å²) in [5, 5.41) is 7.70. The fourth-order valence-corrected chi connectivity index (χ4v) is 4.13. The Morgan fingerprint density at radius 3 is 2.69 bits per heavy atom. The van der Waals surface area contributed by atoms with Crippen LogP contribution in [0.2, 0.25) is 0 Å². The summed E-state index contributed by atoms with van der Waals surface area (Å²) in [6, 6.07) is 11.5. The maximum atomic E-state index is 13.1. The first-order valence-electron chi connectivity index (χ1n) is 10.1. The van der Waals surface area contributed by atoms with Gasteiger partial charge in [-0.25, -0.2) is 4.98 Å². The van der Waals surface area contributed by atoms with Crippen molar-refractivity contribution in [2.24, 2.45) is 0 Å². The quantitative estimate of drug-likeness (QED) is 0.429. The Kier molecular flexibility index (Phi) is 6.46. The lowest BCUT2D eigenvalue weighted by atomic mass is 10.1. The van der Waals surface area contributed by atoms with Crippen LogP contribution >= 0.6 is 11.3 Å². The normalized spacial score (nSPS) is 10.9. The standard InChI is InChI=1S/C23H22N4O4S/c1-15-4-6-16(7-5-15)18-13-32-22-21(18)23(30)27(14-26-22)9-8-19(28)25-12-20(29)24-11-17-3-2-10-31-17/h2-7,10,13-14H,8-9,11-12H2,1H3,(H,24,29)(H,25,28). The number of fused-ring (bicyclic) bond motifs is 1. The number of carbonyl (C=O) groups excluding carboxylic acids is 2. The topological polar surface area (TPSA) is 106 Å². The van der Waals surface area contributed by atoms with Crippen LogP contribution in [0.1, 0.15) is 17.7 Å². The van der Waals surface area contributed by atoms with E-state index in [0.29, 0.717) is 16.0 Å². The number of rotatable bonds is 8. The van der Waals surface area contributed by atoms with Crippen LogP contribution in [0.3, 0.4) is 0 Å². The first-order chi connectivity index (χ1) is 15.5. The SMILES string of the molecule is Cc1ccc(-c2csc3ncn(CCC(=O)NCC(=O)NCc4ccco4)c(=O)c23)cc1. The van der Waals surface area contributed by atoms with Crippen LogP contribution in [0.4, 0.5) is 0 Å². The molecule has 2 N–H and O–H groups in total. The Bertz CT molecular complexity index is 1290. The van der Waals surface area contributed by atoms with E-state index in [1.165, 1.54) is 28.5 Å². The smallest absolute Gasteiger partial charge is 0.262 e. The number of amides is 2. The van der Waals surface area contributed by atoms with E-state index < -0.39 is 0 Å². The second kappa shape index (κ2) is 9.61. The van der Waals surface area contributed by atoms with Gasteiger partial charge in [0.2, 0.25) is 11.8 Å². The van der Waals surface area contributed by atoms with Crippen molar-refractivity contribution in [3.63, 3.8) is 0 Å². The number of hydrogen-bond donors (Lipinski definition) is 2. The van der Waals surface area contributed by atoms with Gasteiger partial charge in [-0.05, 0) is 24.6 Å². The molecule has 0 spiro atoms. The summed E-state index contributed by atoms with van der Waals surface area (Å²) in [6.45, 7) is 2.29. The van der Waals surface area contributed by atoms with Gasteiger partial charge in [-0.1, -0.05) is 29.8 Å². The second-order valence-corrected chi connectivity index (χ2v) is 8.18. The Labute approximate surface area is 187 Å². The number of hydrogen-bond acceptors (Lipinski definition) is 6. The van der Waals surface area contributed by atoms with Crippen molar-refractivity contribution >= 4 is 33.4 Å². The van der Waals surface area contributed by atoms with Gasteiger partial charge < -0.3 is 15.1 Å². The van der Waals surface area contributed by atoms with E-state index in [0.717, 1.165) is 16.7 Å². The largest absolute Gasteiger partial charge is 0.467 e. The van der Waals surface area contributed by atoms with Crippen molar-refractivity contribution in [2.75, 3.05) is 6.54 Å². The van der Waals surface area contributed by atoms with Gasteiger partial charge in [0.05, 0.1) is 31.1 Å². The van der Waals surface area contributed by atoms with Gasteiger partial charge in [0.1, 0.15) is 10.6 Å². The Morgan fingerprint density at radius 2 is 1.94 bits per heavy atom. The van der Waals surface area contributed by atoms with Crippen molar-refractivity contribution in [3.8, 4) is 11.1 Å². The molecule has 3 heterocycles. The molecule has 2 amide bonds. The molecule has 0 aliphatic rings. The average molecular weight is 451 g/mol. The van der Waals surface area contributed by atoms with E-state index in [-0.39, 0.29) is 43.4 Å². The molecule has 0 aliphatic carbocycles. The number of aryl methyl sites for hydroxylation is 2. The third-order valence-corrected chi connectivity index (χ3v) is 5.88. The molecule has 9 heteroatoms. The minimum Gasteiger partial charge on any atom is -0.467 e. The summed E-state index contributed by atoms with van der Waals surface area (Å²) in [5.41, 5.74) is 2.76. The predicted octanol–water partition coefficient (Wildman–Crippen LogP) is 2.85. The minimum absolute atomic E-state index is 0.0581. The van der Waals surface area contributed by atoms with Crippen LogP contribution in [0.5, 0.6) is 0 Å². The van der Waals surface area contributed by atoms with Gasteiger partial charge in [-0.2, -0.15) is 0 Å². The zero-order chi connectivity index (χ0) is 22.5. The average Bonchev–Trinajstić information content (AvgIpc) is 3.47. The molecule has 0 atom stereocenters. The van der Waals surface area contributed by atoms with Gasteiger partial charge >= 0.3 is 0 Å². The van der Waals surface area contributed by atoms with E-state index in [4.69, 9.17) is 4.42 Å². The molecule has 0 saturated heterocycles. The number of carbonyl (C=O) groups is 2. The summed E-state index contributed by atoms with van der Waals surface area (Å²) in [5.74, 6) is -0.0179. The molecular formula is C23H22N4O4S. The van der Waals surface area contributed by atoms with Crippen molar-refractivity contribution in [3.05, 3.63) is 76.0 Å². The number of benzene rings is 1. The third kappa shape index (κ3) is 4.94. The second-order valence-electron chi connectivity index (χ2n) is 7.32. The van der Waals surface area contributed by atoms with Crippen LogP contribution in [0.25, 0.3) is 21.3 Å². The van der Waals surface area contributed by atoms with E-state index in [1.807, 2.05) is 36.6 Å². The lowest BCUT2D eigenvalue weighted by molar-refractivity contribution is -0.126. The zero-order valence-corrected chi connectivity index (χ0v) is 18.3. The number of thiophene rings is 1. The first kappa shape index (κ1) is 21.5. The molecule has 0 unspecified atom stereocenters. The van der Waals surface area contributed by atoms with Crippen LogP contribution in [0.15, 0.2) is 63.6 Å². The molecule has 164 valence electrons. The maximum absolute atomic E-state index is 13.1. The van der Waals surface area contributed by atoms with E-state index >= 15 is 0 Å². The lowest BCUT2D eigenvalue weighted by Gasteiger charge is -2.08. The van der Waals surface area contributed by atoms with Gasteiger partial charge in [0, 0.05) is 23.9 Å².